The highest BCUT2D eigenvalue weighted by Crippen LogP contribution is 2.30. The van der Waals surface area contributed by atoms with Crippen LogP contribution >= 0.6 is 0 Å². The van der Waals surface area contributed by atoms with Gasteiger partial charge in [-0.15, -0.1) is 0 Å². The summed E-state index contributed by atoms with van der Waals surface area (Å²) in [5, 5.41) is 10.0. The van der Waals surface area contributed by atoms with E-state index in [-0.39, 0.29) is 12.1 Å². The van der Waals surface area contributed by atoms with Gasteiger partial charge in [-0.05, 0) is 25.2 Å². The monoisotopic (exact) mass is 240 g/mol. The number of aliphatic hydroxyl groups excluding tert-OH is 1. The molecule has 2 atom stereocenters. The summed E-state index contributed by atoms with van der Waals surface area (Å²) in [6.45, 7) is 7.26. The summed E-state index contributed by atoms with van der Waals surface area (Å²) in [6, 6.07) is 0.242. The van der Waals surface area contributed by atoms with Gasteiger partial charge in [-0.25, -0.2) is 0 Å². The maximum Gasteiger partial charge on any atom is 0.0739 e. The summed E-state index contributed by atoms with van der Waals surface area (Å²) in [5.41, 5.74) is 0. The van der Waals surface area contributed by atoms with Gasteiger partial charge in [0.05, 0.1) is 18.8 Å². The average molecular weight is 240 g/mol. The van der Waals surface area contributed by atoms with Crippen LogP contribution in [0.5, 0.6) is 0 Å². The molecule has 4 heteroatoms. The van der Waals surface area contributed by atoms with Crippen LogP contribution in [0.4, 0.5) is 0 Å². The molecule has 2 heterocycles. The number of nitrogens with zero attached hydrogens (tertiary/aromatic N) is 2. The molecule has 0 aromatic carbocycles. The van der Waals surface area contributed by atoms with Gasteiger partial charge in [-0.3, -0.25) is 4.90 Å². The number of hydrogen-bond acceptors (Lipinski definition) is 4. The molecule has 0 amide bonds. The summed E-state index contributed by atoms with van der Waals surface area (Å²) in [4.78, 5) is 5.01. The van der Waals surface area contributed by atoms with E-state index >= 15 is 0 Å². The van der Waals surface area contributed by atoms with Gasteiger partial charge in [-0.1, -0.05) is 0 Å². The zero-order valence-electron chi connectivity index (χ0n) is 10.6. The van der Waals surface area contributed by atoms with Crippen LogP contribution in [0.25, 0.3) is 0 Å². The first-order valence-electron chi connectivity index (χ1n) is 7.05. The van der Waals surface area contributed by atoms with Crippen LogP contribution in [0.2, 0.25) is 0 Å². The maximum absolute atomic E-state index is 10.0. The molecule has 1 N–H and O–H groups in total. The van der Waals surface area contributed by atoms with E-state index in [9.17, 15) is 5.11 Å². The number of ether oxygens (including phenoxy) is 1. The summed E-state index contributed by atoms with van der Waals surface area (Å²) < 4.78 is 5.49. The predicted molar refractivity (Wildman–Crippen MR) is 66.0 cm³/mol. The van der Waals surface area contributed by atoms with Crippen molar-refractivity contribution >= 4 is 0 Å². The minimum absolute atomic E-state index is 0.182. The molecule has 3 fully saturated rings. The van der Waals surface area contributed by atoms with Crippen molar-refractivity contribution in [3.8, 4) is 0 Å². The highest BCUT2D eigenvalue weighted by atomic mass is 16.5. The van der Waals surface area contributed by atoms with E-state index in [4.69, 9.17) is 4.74 Å². The fraction of sp³-hybridized carbons (Fsp3) is 1.00. The molecule has 0 radical (unpaired) electrons. The number of hydrogen-bond donors (Lipinski definition) is 1. The van der Waals surface area contributed by atoms with Crippen LogP contribution in [0.15, 0.2) is 0 Å². The lowest BCUT2D eigenvalue weighted by atomic mass is 10.0. The van der Waals surface area contributed by atoms with Crippen LogP contribution in [-0.2, 0) is 4.74 Å². The Morgan fingerprint density at radius 1 is 1.06 bits per heavy atom. The van der Waals surface area contributed by atoms with Crippen molar-refractivity contribution in [1.82, 2.24) is 9.80 Å². The first-order valence-corrected chi connectivity index (χ1v) is 7.05. The minimum Gasteiger partial charge on any atom is -0.391 e. The average Bonchev–Trinajstić information content (AvgIpc) is 3.15. The third-order valence-electron chi connectivity index (χ3n) is 4.38. The van der Waals surface area contributed by atoms with Gasteiger partial charge in [0.25, 0.3) is 0 Å². The lowest BCUT2D eigenvalue weighted by molar-refractivity contribution is -0.0718. The van der Waals surface area contributed by atoms with Crippen molar-refractivity contribution in [3.05, 3.63) is 0 Å². The summed E-state index contributed by atoms with van der Waals surface area (Å²) in [6.07, 6.45) is 3.50. The molecule has 3 aliphatic rings. The number of aliphatic hydroxyl groups is 1. The molecule has 98 valence electrons. The normalized spacial score (nSPS) is 37.2. The van der Waals surface area contributed by atoms with Crippen molar-refractivity contribution in [3.63, 3.8) is 0 Å². The van der Waals surface area contributed by atoms with Crippen LogP contribution in [0.1, 0.15) is 19.3 Å². The van der Waals surface area contributed by atoms with Gasteiger partial charge >= 0.3 is 0 Å². The smallest absolute Gasteiger partial charge is 0.0739 e. The summed E-state index contributed by atoms with van der Waals surface area (Å²) in [5.74, 6) is 0.991. The molecular formula is C13H24N2O2. The maximum atomic E-state index is 10.0. The van der Waals surface area contributed by atoms with Gasteiger partial charge in [-0.2, -0.15) is 0 Å². The van der Waals surface area contributed by atoms with E-state index in [0.29, 0.717) is 6.61 Å². The minimum atomic E-state index is -0.182. The second-order valence-electron chi connectivity index (χ2n) is 5.78. The van der Waals surface area contributed by atoms with Crippen molar-refractivity contribution in [2.45, 2.75) is 31.4 Å². The van der Waals surface area contributed by atoms with Crippen LogP contribution < -0.4 is 0 Å². The zero-order valence-corrected chi connectivity index (χ0v) is 10.6. The highest BCUT2D eigenvalue weighted by Gasteiger charge is 2.32. The van der Waals surface area contributed by atoms with Crippen LogP contribution in [0.3, 0.4) is 0 Å². The largest absolute Gasteiger partial charge is 0.391 e. The summed E-state index contributed by atoms with van der Waals surface area (Å²) >= 11 is 0. The number of rotatable bonds is 3. The van der Waals surface area contributed by atoms with Crippen molar-refractivity contribution in [2.75, 3.05) is 45.9 Å². The molecular weight excluding hydrogens is 216 g/mol. The quantitative estimate of drug-likeness (QED) is 0.762. The lowest BCUT2D eigenvalue weighted by Crippen LogP contribution is -2.56. The van der Waals surface area contributed by atoms with Crippen LogP contribution in [0, 0.1) is 5.92 Å². The third-order valence-corrected chi connectivity index (χ3v) is 4.38. The van der Waals surface area contributed by atoms with E-state index in [1.54, 1.807) is 0 Å². The second kappa shape index (κ2) is 5.22. The Kier molecular flexibility index (Phi) is 3.66. The molecule has 2 unspecified atom stereocenters. The molecule has 3 rings (SSSR count). The Bertz CT molecular complexity index is 250. The zero-order chi connectivity index (χ0) is 11.7. The van der Waals surface area contributed by atoms with E-state index in [1.807, 2.05) is 0 Å². The van der Waals surface area contributed by atoms with Crippen LogP contribution in [-0.4, -0.2) is 73.0 Å². The predicted octanol–water partition coefficient (Wildman–Crippen LogP) is 0.164. The Hall–Kier alpha value is -0.160. The van der Waals surface area contributed by atoms with E-state index in [2.05, 4.69) is 9.80 Å². The van der Waals surface area contributed by atoms with Gasteiger partial charge in [0, 0.05) is 39.3 Å². The number of piperazine rings is 1. The van der Waals surface area contributed by atoms with E-state index < -0.39 is 0 Å². The molecule has 1 aliphatic carbocycles. The Balaban J connectivity index is 1.46. The van der Waals surface area contributed by atoms with Crippen molar-refractivity contribution in [2.24, 2.45) is 5.92 Å². The van der Waals surface area contributed by atoms with E-state index in [1.165, 1.54) is 32.5 Å². The second-order valence-corrected chi connectivity index (χ2v) is 5.78. The molecule has 1 saturated carbocycles. The fourth-order valence-electron chi connectivity index (χ4n) is 3.00. The Morgan fingerprint density at radius 3 is 2.47 bits per heavy atom. The first kappa shape index (κ1) is 11.9. The third kappa shape index (κ3) is 2.99. The Morgan fingerprint density at radius 2 is 1.82 bits per heavy atom. The molecule has 2 aliphatic heterocycles. The molecule has 17 heavy (non-hydrogen) atoms. The van der Waals surface area contributed by atoms with Gasteiger partial charge in [0.1, 0.15) is 0 Å². The topological polar surface area (TPSA) is 35.9 Å². The highest BCUT2D eigenvalue weighted by molar-refractivity contribution is 4.87. The standard InChI is InChI=1S/C13H24N2O2/c16-13-3-8-17-10-12(13)15-6-4-14(5-7-15)9-11-1-2-11/h11-13,16H,1-10H2. The molecule has 0 bridgehead atoms. The van der Waals surface area contributed by atoms with Crippen molar-refractivity contribution in [1.29, 1.82) is 0 Å². The first-order chi connectivity index (χ1) is 8.33. The SMILES string of the molecule is OC1CCOCC1N1CCN(CC2CC2)CC1. The molecule has 2 saturated heterocycles. The molecule has 0 aromatic heterocycles. The van der Waals surface area contributed by atoms with Gasteiger partial charge in [0.15, 0.2) is 0 Å². The lowest BCUT2D eigenvalue weighted by Gasteiger charge is -2.42. The Labute approximate surface area is 104 Å². The van der Waals surface area contributed by atoms with Gasteiger partial charge in [0.2, 0.25) is 0 Å². The molecule has 0 spiro atoms. The van der Waals surface area contributed by atoms with Gasteiger partial charge < -0.3 is 14.7 Å². The van der Waals surface area contributed by atoms with Crippen molar-refractivity contribution < 1.29 is 9.84 Å². The van der Waals surface area contributed by atoms with E-state index in [0.717, 1.165) is 32.0 Å². The summed E-state index contributed by atoms with van der Waals surface area (Å²) in [7, 11) is 0. The molecule has 0 aromatic rings. The molecule has 4 nitrogen and oxygen atoms in total. The fourth-order valence-corrected chi connectivity index (χ4v) is 3.00.